The lowest BCUT2D eigenvalue weighted by molar-refractivity contribution is -0.142. The average molecular weight is 555 g/mol. The Morgan fingerprint density at radius 3 is 2.35 bits per heavy atom. The van der Waals surface area contributed by atoms with E-state index in [1.807, 2.05) is 43.9 Å². The summed E-state index contributed by atoms with van der Waals surface area (Å²) in [5.41, 5.74) is 1.26. The predicted molar refractivity (Wildman–Crippen MR) is 151 cm³/mol. The van der Waals surface area contributed by atoms with Gasteiger partial charge in [0.25, 0.3) is 0 Å². The van der Waals surface area contributed by atoms with Gasteiger partial charge in [-0.25, -0.2) is 9.80 Å². The molecule has 40 heavy (non-hydrogen) atoms. The number of piperidine rings is 1. The SMILES string of the molecule is COc1ccc(C2=NN(C3CCN(C(=O)CCCNC(=O)OC(C)(C)C)CC3)C(=O)[C@@H]3CC=CC[C@H]23)cc1OC. The van der Waals surface area contributed by atoms with E-state index in [0.717, 1.165) is 17.7 Å². The van der Waals surface area contributed by atoms with Gasteiger partial charge in [0.15, 0.2) is 11.5 Å². The van der Waals surface area contributed by atoms with Gasteiger partial charge in [0, 0.05) is 37.5 Å². The van der Waals surface area contributed by atoms with Gasteiger partial charge >= 0.3 is 6.09 Å². The zero-order chi connectivity index (χ0) is 28.9. The smallest absolute Gasteiger partial charge is 0.407 e. The van der Waals surface area contributed by atoms with E-state index in [9.17, 15) is 14.4 Å². The molecule has 1 fully saturated rings. The number of alkyl carbamates (subject to hydrolysis) is 1. The molecular weight excluding hydrogens is 512 g/mol. The molecule has 0 bridgehead atoms. The maximum absolute atomic E-state index is 13.6. The highest BCUT2D eigenvalue weighted by atomic mass is 16.6. The lowest BCUT2D eigenvalue weighted by atomic mass is 9.76. The summed E-state index contributed by atoms with van der Waals surface area (Å²) in [5, 5.41) is 9.35. The number of allylic oxidation sites excluding steroid dienone is 2. The molecule has 1 aromatic rings. The first kappa shape index (κ1) is 29.4. The summed E-state index contributed by atoms with van der Waals surface area (Å²) in [7, 11) is 3.22. The van der Waals surface area contributed by atoms with Gasteiger partial charge in [-0.2, -0.15) is 5.10 Å². The van der Waals surface area contributed by atoms with Crippen LogP contribution in [0, 0.1) is 11.8 Å². The highest BCUT2D eigenvalue weighted by molar-refractivity contribution is 6.07. The molecule has 10 nitrogen and oxygen atoms in total. The summed E-state index contributed by atoms with van der Waals surface area (Å²) in [6.45, 7) is 6.95. The number of carbonyl (C=O) groups is 3. The van der Waals surface area contributed by atoms with Crippen molar-refractivity contribution in [1.29, 1.82) is 0 Å². The summed E-state index contributed by atoms with van der Waals surface area (Å²) in [5.74, 6) is 1.26. The van der Waals surface area contributed by atoms with Crippen LogP contribution in [-0.4, -0.2) is 79.0 Å². The summed E-state index contributed by atoms with van der Waals surface area (Å²) in [4.78, 5) is 40.1. The van der Waals surface area contributed by atoms with Crippen LogP contribution < -0.4 is 14.8 Å². The van der Waals surface area contributed by atoms with Crippen LogP contribution >= 0.6 is 0 Å². The molecule has 0 radical (unpaired) electrons. The first-order chi connectivity index (χ1) is 19.1. The van der Waals surface area contributed by atoms with E-state index in [1.165, 1.54) is 0 Å². The van der Waals surface area contributed by atoms with Crippen LogP contribution in [0.3, 0.4) is 0 Å². The number of nitrogens with zero attached hydrogens (tertiary/aromatic N) is 3. The standard InChI is InChI=1S/C30H42N4O6/c1-30(2,3)40-29(37)31-16-8-11-26(35)33-17-14-21(15-18-33)34-28(36)23-10-7-6-9-22(23)27(32-34)20-12-13-24(38-4)25(19-20)39-5/h6-7,12-13,19,21-23H,8-11,14-18H2,1-5H3,(H,31,37)/t22-,23+/m0/s1. The number of methoxy groups -OCH3 is 2. The number of hydrogen-bond acceptors (Lipinski definition) is 7. The van der Waals surface area contributed by atoms with E-state index in [-0.39, 0.29) is 29.7 Å². The van der Waals surface area contributed by atoms with E-state index in [1.54, 1.807) is 19.2 Å². The minimum Gasteiger partial charge on any atom is -0.493 e. The quantitative estimate of drug-likeness (QED) is 0.382. The molecule has 218 valence electrons. The number of hydrazone groups is 1. The number of rotatable bonds is 8. The Morgan fingerprint density at radius 1 is 1.02 bits per heavy atom. The largest absolute Gasteiger partial charge is 0.493 e. The number of carbonyl (C=O) groups excluding carboxylic acids is 3. The van der Waals surface area contributed by atoms with Crippen molar-refractivity contribution in [2.45, 2.75) is 70.9 Å². The summed E-state index contributed by atoms with van der Waals surface area (Å²) < 4.78 is 16.2. The minimum atomic E-state index is -0.555. The van der Waals surface area contributed by atoms with Gasteiger partial charge < -0.3 is 24.4 Å². The second kappa shape index (κ2) is 12.7. The van der Waals surface area contributed by atoms with Gasteiger partial charge in [-0.05, 0) is 71.1 Å². The second-order valence-corrected chi connectivity index (χ2v) is 11.5. The first-order valence-electron chi connectivity index (χ1n) is 14.1. The fourth-order valence-corrected chi connectivity index (χ4v) is 5.59. The Labute approximate surface area is 236 Å². The number of hydrogen-bond donors (Lipinski definition) is 1. The van der Waals surface area contributed by atoms with Crippen LogP contribution in [0.2, 0.25) is 0 Å². The maximum Gasteiger partial charge on any atom is 0.407 e. The molecular formula is C30H42N4O6. The fraction of sp³-hybridized carbons (Fsp3) is 0.600. The van der Waals surface area contributed by atoms with Crippen LogP contribution in [0.5, 0.6) is 11.5 Å². The Morgan fingerprint density at radius 2 is 1.70 bits per heavy atom. The number of amides is 3. The van der Waals surface area contributed by atoms with Crippen LogP contribution in [0.15, 0.2) is 35.5 Å². The number of nitrogens with one attached hydrogen (secondary N) is 1. The second-order valence-electron chi connectivity index (χ2n) is 11.5. The van der Waals surface area contributed by atoms with Gasteiger partial charge in [0.2, 0.25) is 11.8 Å². The third-order valence-corrected chi connectivity index (χ3v) is 7.62. The molecule has 0 unspecified atom stereocenters. The van der Waals surface area contributed by atoms with Crippen LogP contribution in [0.25, 0.3) is 0 Å². The van der Waals surface area contributed by atoms with E-state index in [0.29, 0.717) is 63.2 Å². The summed E-state index contributed by atoms with van der Waals surface area (Å²) >= 11 is 0. The third-order valence-electron chi connectivity index (χ3n) is 7.62. The molecule has 2 atom stereocenters. The van der Waals surface area contributed by atoms with Crippen molar-refractivity contribution in [2.24, 2.45) is 16.9 Å². The summed E-state index contributed by atoms with van der Waals surface area (Å²) in [6.07, 6.45) is 7.44. The van der Waals surface area contributed by atoms with Gasteiger partial charge in [-0.1, -0.05) is 12.2 Å². The zero-order valence-electron chi connectivity index (χ0n) is 24.3. The van der Waals surface area contributed by atoms with Crippen LogP contribution in [0.1, 0.15) is 64.9 Å². The predicted octanol–water partition coefficient (Wildman–Crippen LogP) is 4.13. The molecule has 1 aliphatic carbocycles. The molecule has 2 aliphatic heterocycles. The molecule has 0 aromatic heterocycles. The lowest BCUT2D eigenvalue weighted by Gasteiger charge is -2.42. The van der Waals surface area contributed by atoms with Crippen molar-refractivity contribution >= 4 is 23.6 Å². The molecule has 1 aromatic carbocycles. The highest BCUT2D eigenvalue weighted by Crippen LogP contribution is 2.38. The number of benzene rings is 1. The molecule has 3 aliphatic rings. The van der Waals surface area contributed by atoms with Crippen molar-refractivity contribution in [3.05, 3.63) is 35.9 Å². The van der Waals surface area contributed by atoms with Gasteiger partial charge in [0.1, 0.15) is 5.60 Å². The van der Waals surface area contributed by atoms with E-state index in [2.05, 4.69) is 17.5 Å². The van der Waals surface area contributed by atoms with Crippen molar-refractivity contribution in [3.8, 4) is 11.5 Å². The fourth-order valence-electron chi connectivity index (χ4n) is 5.59. The van der Waals surface area contributed by atoms with Crippen molar-refractivity contribution < 1.29 is 28.6 Å². The Kier molecular flexibility index (Phi) is 9.37. The Bertz CT molecular complexity index is 1150. The van der Waals surface area contributed by atoms with Crippen molar-refractivity contribution in [2.75, 3.05) is 33.9 Å². The normalized spacial score (nSPS) is 21.4. The third kappa shape index (κ3) is 6.95. The molecule has 1 saturated heterocycles. The topological polar surface area (TPSA) is 110 Å². The Balaban J connectivity index is 1.38. The summed E-state index contributed by atoms with van der Waals surface area (Å²) in [6, 6.07) is 5.72. The van der Waals surface area contributed by atoms with E-state index < -0.39 is 11.7 Å². The van der Waals surface area contributed by atoms with Gasteiger partial charge in [-0.3, -0.25) is 9.59 Å². The molecule has 0 spiro atoms. The van der Waals surface area contributed by atoms with Gasteiger partial charge in [-0.15, -0.1) is 0 Å². The minimum absolute atomic E-state index is 0.0165. The molecule has 3 amide bonds. The van der Waals surface area contributed by atoms with Crippen molar-refractivity contribution in [1.82, 2.24) is 15.2 Å². The Hall–Kier alpha value is -3.56. The molecule has 1 N–H and O–H groups in total. The number of ether oxygens (including phenoxy) is 3. The number of fused-ring (bicyclic) bond motifs is 1. The number of likely N-dealkylation sites (tertiary alicyclic amines) is 1. The van der Waals surface area contributed by atoms with E-state index >= 15 is 0 Å². The van der Waals surface area contributed by atoms with E-state index in [4.69, 9.17) is 19.3 Å². The maximum atomic E-state index is 13.6. The van der Waals surface area contributed by atoms with Gasteiger partial charge in [0.05, 0.1) is 31.9 Å². The zero-order valence-corrected chi connectivity index (χ0v) is 24.3. The molecule has 10 heteroatoms. The highest BCUT2D eigenvalue weighted by Gasteiger charge is 2.43. The molecule has 0 saturated carbocycles. The van der Waals surface area contributed by atoms with Crippen molar-refractivity contribution in [3.63, 3.8) is 0 Å². The van der Waals surface area contributed by atoms with Crippen LogP contribution in [-0.2, 0) is 14.3 Å². The molecule has 2 heterocycles. The monoisotopic (exact) mass is 554 g/mol. The average Bonchev–Trinajstić information content (AvgIpc) is 2.94. The molecule has 4 rings (SSSR count). The van der Waals surface area contributed by atoms with Crippen LogP contribution in [0.4, 0.5) is 4.79 Å². The first-order valence-corrected chi connectivity index (χ1v) is 14.1. The lowest BCUT2D eigenvalue weighted by Crippen LogP contribution is -2.52.